The Bertz CT molecular complexity index is 518. The van der Waals surface area contributed by atoms with Gasteiger partial charge in [0.2, 0.25) is 0 Å². The van der Waals surface area contributed by atoms with Crippen LogP contribution in [-0.2, 0) is 0 Å². The van der Waals surface area contributed by atoms with Crippen molar-refractivity contribution in [2.45, 2.75) is 0 Å². The molecule has 14 heavy (non-hydrogen) atoms. The van der Waals surface area contributed by atoms with Crippen molar-refractivity contribution in [2.75, 3.05) is 0 Å². The fourth-order valence-corrected chi connectivity index (χ4v) is 2.56. The molecule has 1 aromatic heterocycles. The number of carbonyl (C=O) groups is 1. The molecule has 0 atom stereocenters. The summed E-state index contributed by atoms with van der Waals surface area (Å²) in [7, 11) is 0. The number of benzene rings is 1. The maximum atomic E-state index is 10.8. The number of hydrogen-bond acceptors (Lipinski definition) is 3. The van der Waals surface area contributed by atoms with Crippen molar-refractivity contribution in [3.63, 3.8) is 0 Å². The number of carboxylic acids is 1. The van der Waals surface area contributed by atoms with Gasteiger partial charge in [-0.25, -0.2) is 4.79 Å². The molecule has 1 heterocycles. The van der Waals surface area contributed by atoms with Gasteiger partial charge in [-0.05, 0) is 39.5 Å². The number of fused-ring (bicyclic) bond motifs is 1. The van der Waals surface area contributed by atoms with Crippen LogP contribution in [0.15, 0.2) is 22.7 Å². The summed E-state index contributed by atoms with van der Waals surface area (Å²) in [5.41, 5.74) is 0.208. The van der Waals surface area contributed by atoms with E-state index in [9.17, 15) is 9.90 Å². The van der Waals surface area contributed by atoms with Crippen LogP contribution >= 0.6 is 27.3 Å². The number of aromatic hydroxyl groups is 1. The van der Waals surface area contributed by atoms with Crippen molar-refractivity contribution in [3.8, 4) is 5.06 Å². The van der Waals surface area contributed by atoms with E-state index in [0.717, 1.165) is 21.4 Å². The van der Waals surface area contributed by atoms with Crippen molar-refractivity contribution in [2.24, 2.45) is 0 Å². The summed E-state index contributed by atoms with van der Waals surface area (Å²) >= 11 is 4.33. The second-order valence-electron chi connectivity index (χ2n) is 2.76. The van der Waals surface area contributed by atoms with E-state index in [-0.39, 0.29) is 10.6 Å². The van der Waals surface area contributed by atoms with Crippen LogP contribution in [0.4, 0.5) is 0 Å². The normalized spacial score (nSPS) is 10.6. The molecule has 72 valence electrons. The zero-order valence-corrected chi connectivity index (χ0v) is 9.22. The monoisotopic (exact) mass is 272 g/mol. The lowest BCUT2D eigenvalue weighted by Crippen LogP contribution is -1.96. The van der Waals surface area contributed by atoms with Gasteiger partial charge in [0.05, 0.1) is 5.56 Å². The Kier molecular flexibility index (Phi) is 2.20. The second-order valence-corrected chi connectivity index (χ2v) is 4.68. The molecule has 0 saturated carbocycles. The second kappa shape index (κ2) is 3.25. The number of thiophene rings is 1. The Morgan fingerprint density at radius 1 is 1.36 bits per heavy atom. The highest BCUT2D eigenvalue weighted by molar-refractivity contribution is 9.10. The number of aromatic carboxylic acids is 1. The molecule has 3 nitrogen and oxygen atoms in total. The van der Waals surface area contributed by atoms with E-state index in [1.165, 1.54) is 0 Å². The molecule has 5 heteroatoms. The minimum absolute atomic E-state index is 0.189. The average Bonchev–Trinajstić information content (AvgIpc) is 2.42. The molecule has 0 aliphatic rings. The maximum Gasteiger partial charge on any atom is 0.336 e. The third-order valence-corrected chi connectivity index (χ3v) is 3.38. The van der Waals surface area contributed by atoms with Gasteiger partial charge in [0.15, 0.2) is 5.06 Å². The molecule has 0 amide bonds. The molecule has 0 radical (unpaired) electrons. The van der Waals surface area contributed by atoms with E-state index in [1.54, 1.807) is 18.2 Å². The molecule has 2 N–H and O–H groups in total. The van der Waals surface area contributed by atoms with Gasteiger partial charge in [0.25, 0.3) is 0 Å². The Hall–Kier alpha value is -1.07. The molecule has 0 aliphatic heterocycles. The largest absolute Gasteiger partial charge is 0.499 e. The fraction of sp³-hybridized carbons (Fsp3) is 0. The molecule has 0 aliphatic carbocycles. The van der Waals surface area contributed by atoms with Crippen LogP contribution in [0.25, 0.3) is 10.1 Å². The quantitative estimate of drug-likeness (QED) is 0.839. The van der Waals surface area contributed by atoms with Crippen molar-refractivity contribution in [1.29, 1.82) is 0 Å². The van der Waals surface area contributed by atoms with Gasteiger partial charge in [0, 0.05) is 9.17 Å². The Morgan fingerprint density at radius 2 is 2.07 bits per heavy atom. The first kappa shape index (κ1) is 9.48. The van der Waals surface area contributed by atoms with Gasteiger partial charge in [0.1, 0.15) is 0 Å². The first-order valence-corrected chi connectivity index (χ1v) is 5.34. The molecule has 2 aromatic rings. The Labute approximate surface area is 91.7 Å². The van der Waals surface area contributed by atoms with Crippen molar-refractivity contribution < 1.29 is 15.0 Å². The number of rotatable bonds is 1. The fourth-order valence-electron chi connectivity index (χ4n) is 1.21. The molecule has 2 rings (SSSR count). The summed E-state index contributed by atoms with van der Waals surface area (Å²) in [4.78, 5) is 10.8. The zero-order valence-electron chi connectivity index (χ0n) is 6.82. The summed E-state index contributed by atoms with van der Waals surface area (Å²) < 4.78 is 1.29. The predicted molar refractivity (Wildman–Crippen MR) is 58.1 cm³/mol. The topological polar surface area (TPSA) is 57.5 Å². The lowest BCUT2D eigenvalue weighted by molar-refractivity contribution is 0.0696. The van der Waals surface area contributed by atoms with Gasteiger partial charge in [-0.1, -0.05) is 11.3 Å². The number of carboxylic acid groups (broad SMARTS) is 1. The van der Waals surface area contributed by atoms with Crippen molar-refractivity contribution >= 4 is 43.3 Å². The maximum absolute atomic E-state index is 10.8. The minimum atomic E-state index is -0.980. The van der Waals surface area contributed by atoms with Crippen molar-refractivity contribution in [1.82, 2.24) is 0 Å². The van der Waals surface area contributed by atoms with E-state index in [4.69, 9.17) is 5.11 Å². The van der Waals surface area contributed by atoms with Gasteiger partial charge < -0.3 is 10.2 Å². The standard InChI is InChI=1S/C9H5BrO3S/c10-6-1-4-2-8(11)14-7(4)3-5(6)9(12)13/h1-3,11H,(H,12,13). The molecule has 1 aromatic carbocycles. The minimum Gasteiger partial charge on any atom is -0.499 e. The van der Waals surface area contributed by atoms with Crippen LogP contribution in [0.5, 0.6) is 5.06 Å². The zero-order chi connectivity index (χ0) is 10.3. The molecule has 0 spiro atoms. The molecular weight excluding hydrogens is 268 g/mol. The van der Waals surface area contributed by atoms with Gasteiger partial charge in [-0.3, -0.25) is 0 Å². The lowest BCUT2D eigenvalue weighted by atomic mass is 10.2. The third-order valence-electron chi connectivity index (χ3n) is 1.82. The molecule has 0 fully saturated rings. The van der Waals surface area contributed by atoms with Crippen molar-refractivity contribution in [3.05, 3.63) is 28.2 Å². The highest BCUT2D eigenvalue weighted by atomic mass is 79.9. The molecule has 0 bridgehead atoms. The highest BCUT2D eigenvalue weighted by Gasteiger charge is 2.11. The third kappa shape index (κ3) is 1.49. The van der Waals surface area contributed by atoms with Gasteiger partial charge in [-0.2, -0.15) is 0 Å². The van der Waals surface area contributed by atoms with E-state index in [1.807, 2.05) is 0 Å². The summed E-state index contributed by atoms with van der Waals surface area (Å²) in [6, 6.07) is 4.84. The van der Waals surface area contributed by atoms with Crippen LogP contribution in [0.2, 0.25) is 0 Å². The Morgan fingerprint density at radius 3 is 2.71 bits per heavy atom. The summed E-state index contributed by atoms with van der Waals surface area (Å²) in [6.07, 6.45) is 0. The summed E-state index contributed by atoms with van der Waals surface area (Å²) in [5.74, 6) is -0.980. The highest BCUT2D eigenvalue weighted by Crippen LogP contribution is 2.34. The molecule has 0 saturated heterocycles. The smallest absolute Gasteiger partial charge is 0.336 e. The predicted octanol–water partition coefficient (Wildman–Crippen LogP) is 3.07. The summed E-state index contributed by atoms with van der Waals surface area (Å²) in [5, 5.41) is 19.1. The van der Waals surface area contributed by atoms with Gasteiger partial charge in [-0.15, -0.1) is 0 Å². The SMILES string of the molecule is O=C(O)c1cc2sc(O)cc2cc1Br. The Balaban J connectivity index is 2.76. The van der Waals surface area contributed by atoms with Crippen LogP contribution in [0.3, 0.4) is 0 Å². The first-order chi connectivity index (χ1) is 6.58. The number of halogens is 1. The average molecular weight is 273 g/mol. The van der Waals surface area contributed by atoms with Gasteiger partial charge >= 0.3 is 5.97 Å². The first-order valence-electron chi connectivity index (χ1n) is 3.73. The van der Waals surface area contributed by atoms with Crippen LogP contribution in [0, 0.1) is 0 Å². The lowest BCUT2D eigenvalue weighted by Gasteiger charge is -1.98. The van der Waals surface area contributed by atoms with E-state index in [2.05, 4.69) is 15.9 Å². The van der Waals surface area contributed by atoms with Crippen LogP contribution in [-0.4, -0.2) is 16.2 Å². The number of hydrogen-bond donors (Lipinski definition) is 2. The van der Waals surface area contributed by atoms with E-state index < -0.39 is 5.97 Å². The van der Waals surface area contributed by atoms with E-state index in [0.29, 0.717) is 4.47 Å². The molecule has 0 unspecified atom stereocenters. The van der Waals surface area contributed by atoms with Crippen LogP contribution < -0.4 is 0 Å². The van der Waals surface area contributed by atoms with Crippen LogP contribution in [0.1, 0.15) is 10.4 Å². The van der Waals surface area contributed by atoms with E-state index >= 15 is 0 Å². The summed E-state index contributed by atoms with van der Waals surface area (Å²) in [6.45, 7) is 0. The molecular formula is C9H5BrO3S.